The summed E-state index contributed by atoms with van der Waals surface area (Å²) in [4.78, 5) is 22.9. The predicted molar refractivity (Wildman–Crippen MR) is 64.8 cm³/mol. The van der Waals surface area contributed by atoms with E-state index in [0.717, 1.165) is 12.8 Å². The third-order valence-corrected chi connectivity index (χ3v) is 3.73. The molecular formula is C12H22N2O3. The maximum Gasteiger partial charge on any atom is 0.329 e. The zero-order chi connectivity index (χ0) is 13.1. The van der Waals surface area contributed by atoms with Gasteiger partial charge >= 0.3 is 12.0 Å². The van der Waals surface area contributed by atoms with Gasteiger partial charge in [0.2, 0.25) is 0 Å². The Morgan fingerprint density at radius 1 is 1.29 bits per heavy atom. The molecule has 0 bridgehead atoms. The number of carbonyl (C=O) groups excluding carboxylic acids is 1. The van der Waals surface area contributed by atoms with Gasteiger partial charge in [-0.1, -0.05) is 27.2 Å². The van der Waals surface area contributed by atoms with Gasteiger partial charge in [-0.25, -0.2) is 9.59 Å². The molecule has 3 N–H and O–H groups in total. The molecule has 0 aromatic heterocycles. The maximum absolute atomic E-state index is 11.7. The monoisotopic (exact) mass is 242 g/mol. The average Bonchev–Trinajstić information content (AvgIpc) is 3.03. The van der Waals surface area contributed by atoms with E-state index in [-0.39, 0.29) is 12.1 Å². The first-order chi connectivity index (χ1) is 7.99. The van der Waals surface area contributed by atoms with Gasteiger partial charge in [0.05, 0.1) is 0 Å². The van der Waals surface area contributed by atoms with Crippen LogP contribution in [0.4, 0.5) is 4.79 Å². The van der Waals surface area contributed by atoms with Crippen LogP contribution < -0.4 is 10.6 Å². The molecule has 0 aliphatic heterocycles. The Hall–Kier alpha value is -1.26. The molecule has 0 aromatic carbocycles. The smallest absolute Gasteiger partial charge is 0.329 e. The van der Waals surface area contributed by atoms with E-state index in [1.807, 2.05) is 0 Å². The fourth-order valence-corrected chi connectivity index (χ4v) is 2.08. The minimum Gasteiger partial charge on any atom is -0.480 e. The van der Waals surface area contributed by atoms with E-state index in [0.29, 0.717) is 18.8 Å². The van der Waals surface area contributed by atoms with Crippen LogP contribution in [0.25, 0.3) is 0 Å². The molecule has 1 aliphatic rings. The number of nitrogens with one attached hydrogen (secondary N) is 2. The van der Waals surface area contributed by atoms with E-state index in [4.69, 9.17) is 0 Å². The van der Waals surface area contributed by atoms with Crippen LogP contribution in [0.1, 0.15) is 46.5 Å². The van der Waals surface area contributed by atoms with Crippen LogP contribution in [-0.4, -0.2) is 28.7 Å². The predicted octanol–water partition coefficient (Wildman–Crippen LogP) is 1.73. The second kappa shape index (κ2) is 5.38. The third-order valence-electron chi connectivity index (χ3n) is 3.73. The highest BCUT2D eigenvalue weighted by molar-refractivity contribution is 5.86. The number of carbonyl (C=O) groups is 2. The minimum absolute atomic E-state index is 0.222. The van der Waals surface area contributed by atoms with Gasteiger partial charge < -0.3 is 15.7 Å². The van der Waals surface area contributed by atoms with Crippen molar-refractivity contribution in [1.29, 1.82) is 0 Å². The SMILES string of the molecule is CCC1CC1NC(=O)NC(CC)(CC)C(=O)O. The van der Waals surface area contributed by atoms with Gasteiger partial charge in [-0.15, -0.1) is 0 Å². The van der Waals surface area contributed by atoms with Gasteiger partial charge in [0, 0.05) is 6.04 Å². The summed E-state index contributed by atoms with van der Waals surface area (Å²) in [6, 6.07) is -0.141. The van der Waals surface area contributed by atoms with Gasteiger partial charge in [-0.2, -0.15) is 0 Å². The normalized spacial score (nSPS) is 23.0. The molecule has 1 aliphatic carbocycles. The van der Waals surface area contributed by atoms with E-state index < -0.39 is 11.5 Å². The molecule has 5 heteroatoms. The molecule has 2 atom stereocenters. The van der Waals surface area contributed by atoms with Crippen LogP contribution in [0.2, 0.25) is 0 Å². The first-order valence-corrected chi connectivity index (χ1v) is 6.31. The van der Waals surface area contributed by atoms with E-state index in [1.54, 1.807) is 13.8 Å². The summed E-state index contributed by atoms with van der Waals surface area (Å²) < 4.78 is 0. The third kappa shape index (κ3) is 3.11. The molecule has 0 heterocycles. The number of carboxylic acid groups (broad SMARTS) is 1. The Morgan fingerprint density at radius 3 is 2.24 bits per heavy atom. The van der Waals surface area contributed by atoms with Crippen LogP contribution in [0, 0.1) is 5.92 Å². The fourth-order valence-electron chi connectivity index (χ4n) is 2.08. The van der Waals surface area contributed by atoms with Gasteiger partial charge in [-0.3, -0.25) is 0 Å². The van der Waals surface area contributed by atoms with Gasteiger partial charge in [0.25, 0.3) is 0 Å². The molecule has 2 unspecified atom stereocenters. The van der Waals surface area contributed by atoms with Crippen molar-refractivity contribution in [3.8, 4) is 0 Å². The lowest BCUT2D eigenvalue weighted by Gasteiger charge is -2.28. The highest BCUT2D eigenvalue weighted by Gasteiger charge is 2.40. The van der Waals surface area contributed by atoms with Crippen LogP contribution in [0.3, 0.4) is 0 Å². The molecule has 2 amide bonds. The van der Waals surface area contributed by atoms with Gasteiger partial charge in [-0.05, 0) is 25.2 Å². The molecule has 1 rings (SSSR count). The first-order valence-electron chi connectivity index (χ1n) is 6.31. The Balaban J connectivity index is 2.50. The standard InChI is InChI=1S/C12H22N2O3/c1-4-8-7-9(8)13-11(17)14-12(5-2,6-3)10(15)16/h8-9H,4-7H2,1-3H3,(H,15,16)(H2,13,14,17). The van der Waals surface area contributed by atoms with Crippen LogP contribution in [0.5, 0.6) is 0 Å². The van der Waals surface area contributed by atoms with E-state index in [9.17, 15) is 14.7 Å². The quantitative estimate of drug-likeness (QED) is 0.663. The largest absolute Gasteiger partial charge is 0.480 e. The maximum atomic E-state index is 11.7. The van der Waals surface area contributed by atoms with Crippen molar-refractivity contribution < 1.29 is 14.7 Å². The molecule has 1 fully saturated rings. The van der Waals surface area contributed by atoms with Crippen molar-refractivity contribution in [3.63, 3.8) is 0 Å². The van der Waals surface area contributed by atoms with Crippen molar-refractivity contribution in [1.82, 2.24) is 10.6 Å². The summed E-state index contributed by atoms with van der Waals surface area (Å²) in [7, 11) is 0. The lowest BCUT2D eigenvalue weighted by molar-refractivity contribution is -0.144. The molecule has 0 radical (unpaired) electrons. The van der Waals surface area contributed by atoms with Crippen LogP contribution in [-0.2, 0) is 4.79 Å². The topological polar surface area (TPSA) is 78.4 Å². The van der Waals surface area contributed by atoms with E-state index in [1.165, 1.54) is 0 Å². The number of urea groups is 1. The van der Waals surface area contributed by atoms with Crippen molar-refractivity contribution in [2.75, 3.05) is 0 Å². The number of carboxylic acids is 1. The average molecular weight is 242 g/mol. The van der Waals surface area contributed by atoms with Crippen molar-refractivity contribution in [3.05, 3.63) is 0 Å². The highest BCUT2D eigenvalue weighted by Crippen LogP contribution is 2.33. The number of amides is 2. The second-order valence-electron chi connectivity index (χ2n) is 4.70. The summed E-state index contributed by atoms with van der Waals surface area (Å²) in [5.41, 5.74) is -1.14. The zero-order valence-electron chi connectivity index (χ0n) is 10.7. The molecular weight excluding hydrogens is 220 g/mol. The summed E-state index contributed by atoms with van der Waals surface area (Å²) in [6.07, 6.45) is 2.82. The van der Waals surface area contributed by atoms with Gasteiger partial charge in [0.1, 0.15) is 5.54 Å². The summed E-state index contributed by atoms with van der Waals surface area (Å²) in [6.45, 7) is 5.62. The van der Waals surface area contributed by atoms with Gasteiger partial charge in [0.15, 0.2) is 0 Å². The summed E-state index contributed by atoms with van der Waals surface area (Å²) in [5.74, 6) is -0.413. The molecule has 0 spiro atoms. The zero-order valence-corrected chi connectivity index (χ0v) is 10.7. The fraction of sp³-hybridized carbons (Fsp3) is 0.833. The highest BCUT2D eigenvalue weighted by atomic mass is 16.4. The summed E-state index contributed by atoms with van der Waals surface area (Å²) >= 11 is 0. The van der Waals surface area contributed by atoms with Crippen LogP contribution in [0.15, 0.2) is 0 Å². The lowest BCUT2D eigenvalue weighted by Crippen LogP contribution is -2.56. The number of hydrogen-bond donors (Lipinski definition) is 3. The first kappa shape index (κ1) is 13.8. The number of rotatable bonds is 6. The molecule has 1 saturated carbocycles. The molecule has 5 nitrogen and oxygen atoms in total. The molecule has 0 aromatic rings. The summed E-state index contributed by atoms with van der Waals surface area (Å²) in [5, 5.41) is 14.6. The van der Waals surface area contributed by atoms with Crippen molar-refractivity contribution in [2.45, 2.75) is 58.0 Å². The van der Waals surface area contributed by atoms with E-state index >= 15 is 0 Å². The second-order valence-corrected chi connectivity index (χ2v) is 4.70. The van der Waals surface area contributed by atoms with E-state index in [2.05, 4.69) is 17.6 Å². The minimum atomic E-state index is -1.14. The molecule has 0 saturated heterocycles. The molecule has 17 heavy (non-hydrogen) atoms. The lowest BCUT2D eigenvalue weighted by atomic mass is 9.93. The van der Waals surface area contributed by atoms with Crippen molar-refractivity contribution >= 4 is 12.0 Å². The Morgan fingerprint density at radius 2 is 1.88 bits per heavy atom. The Kier molecular flexibility index (Phi) is 4.37. The van der Waals surface area contributed by atoms with Crippen LogP contribution >= 0.6 is 0 Å². The van der Waals surface area contributed by atoms with Crippen molar-refractivity contribution in [2.24, 2.45) is 5.92 Å². The Bertz CT molecular complexity index is 300. The number of hydrogen-bond acceptors (Lipinski definition) is 2. The molecule has 98 valence electrons. The number of aliphatic carboxylic acids is 1. The Labute approximate surface area is 102 Å².